The number of aryl methyl sites for hydroxylation is 2. The SMILES string of the molecule is CCc1cc(CSc2nnnn2CCO)n(C)n1. The van der Waals surface area contributed by atoms with Crippen LogP contribution >= 0.6 is 11.8 Å². The van der Waals surface area contributed by atoms with Crippen LogP contribution in [0.3, 0.4) is 0 Å². The van der Waals surface area contributed by atoms with E-state index in [9.17, 15) is 0 Å². The molecule has 0 aliphatic rings. The predicted molar refractivity (Wildman–Crippen MR) is 67.0 cm³/mol. The lowest BCUT2D eigenvalue weighted by molar-refractivity contribution is 0.262. The van der Waals surface area contributed by atoms with Crippen LogP contribution in [-0.4, -0.2) is 41.7 Å². The normalized spacial score (nSPS) is 11.1. The van der Waals surface area contributed by atoms with Crippen molar-refractivity contribution in [2.45, 2.75) is 30.8 Å². The molecule has 2 rings (SSSR count). The molecule has 0 unspecified atom stereocenters. The van der Waals surface area contributed by atoms with Gasteiger partial charge in [0.15, 0.2) is 0 Å². The van der Waals surface area contributed by atoms with Gasteiger partial charge in [-0.25, -0.2) is 4.68 Å². The van der Waals surface area contributed by atoms with Crippen molar-refractivity contribution in [1.29, 1.82) is 0 Å². The van der Waals surface area contributed by atoms with Crippen LogP contribution in [0.25, 0.3) is 0 Å². The molecule has 8 heteroatoms. The molecule has 0 amide bonds. The van der Waals surface area contributed by atoms with Crippen molar-refractivity contribution in [3.8, 4) is 0 Å². The molecule has 0 saturated heterocycles. The van der Waals surface area contributed by atoms with Crippen molar-refractivity contribution in [2.75, 3.05) is 6.61 Å². The lowest BCUT2D eigenvalue weighted by Crippen LogP contribution is -2.06. The minimum absolute atomic E-state index is 0.0320. The zero-order chi connectivity index (χ0) is 13.0. The number of hydrogen-bond donors (Lipinski definition) is 1. The molecule has 98 valence electrons. The van der Waals surface area contributed by atoms with Gasteiger partial charge in [0.2, 0.25) is 5.16 Å². The highest BCUT2D eigenvalue weighted by Crippen LogP contribution is 2.20. The van der Waals surface area contributed by atoms with Crippen molar-refractivity contribution in [3.05, 3.63) is 17.5 Å². The third-order valence-corrected chi connectivity index (χ3v) is 3.54. The van der Waals surface area contributed by atoms with E-state index in [1.807, 2.05) is 11.7 Å². The number of nitrogens with zero attached hydrogens (tertiary/aromatic N) is 6. The number of aromatic nitrogens is 6. The van der Waals surface area contributed by atoms with Crippen molar-refractivity contribution in [3.63, 3.8) is 0 Å². The Balaban J connectivity index is 2.02. The molecule has 7 nitrogen and oxygen atoms in total. The number of hydrogen-bond acceptors (Lipinski definition) is 6. The summed E-state index contributed by atoms with van der Waals surface area (Å²) in [6, 6.07) is 2.09. The minimum Gasteiger partial charge on any atom is -0.394 e. The largest absolute Gasteiger partial charge is 0.394 e. The second-order valence-corrected chi connectivity index (χ2v) is 4.74. The third kappa shape index (κ3) is 2.88. The van der Waals surface area contributed by atoms with Crippen LogP contribution in [0.1, 0.15) is 18.3 Å². The first kappa shape index (κ1) is 13.0. The van der Waals surface area contributed by atoms with Crippen molar-refractivity contribution >= 4 is 11.8 Å². The number of tetrazole rings is 1. The second kappa shape index (κ2) is 5.96. The Morgan fingerprint density at radius 1 is 1.44 bits per heavy atom. The van der Waals surface area contributed by atoms with Gasteiger partial charge in [-0.2, -0.15) is 5.10 Å². The average Bonchev–Trinajstić information content (AvgIpc) is 2.94. The van der Waals surface area contributed by atoms with Crippen molar-refractivity contribution in [2.24, 2.45) is 7.05 Å². The van der Waals surface area contributed by atoms with E-state index < -0.39 is 0 Å². The van der Waals surface area contributed by atoms with E-state index >= 15 is 0 Å². The predicted octanol–water partition coefficient (Wildman–Crippen LogP) is 0.254. The molecule has 1 N–H and O–H groups in total. The zero-order valence-electron chi connectivity index (χ0n) is 10.4. The molecule has 0 atom stereocenters. The molecule has 2 aromatic rings. The minimum atomic E-state index is 0.0320. The molecule has 2 heterocycles. The number of aliphatic hydroxyl groups excluding tert-OH is 1. The van der Waals surface area contributed by atoms with E-state index in [1.54, 1.807) is 4.68 Å². The molecule has 0 radical (unpaired) electrons. The van der Waals surface area contributed by atoms with Gasteiger partial charge in [0.1, 0.15) is 0 Å². The summed E-state index contributed by atoms with van der Waals surface area (Å²) < 4.78 is 3.48. The number of rotatable bonds is 6. The third-order valence-electron chi connectivity index (χ3n) is 2.55. The Bertz CT molecular complexity index is 508. The van der Waals surface area contributed by atoms with Gasteiger partial charge in [-0.15, -0.1) is 5.10 Å². The summed E-state index contributed by atoms with van der Waals surface area (Å²) in [4.78, 5) is 0. The van der Waals surface area contributed by atoms with Crippen molar-refractivity contribution in [1.82, 2.24) is 30.0 Å². The van der Waals surface area contributed by atoms with Crippen LogP contribution in [0.15, 0.2) is 11.2 Å². The molecule has 0 aliphatic carbocycles. The zero-order valence-corrected chi connectivity index (χ0v) is 11.3. The van der Waals surface area contributed by atoms with Crippen LogP contribution in [0.2, 0.25) is 0 Å². The Kier molecular flexibility index (Phi) is 4.32. The van der Waals surface area contributed by atoms with E-state index in [2.05, 4.69) is 33.6 Å². The van der Waals surface area contributed by atoms with Crippen LogP contribution in [0, 0.1) is 0 Å². The van der Waals surface area contributed by atoms with Crippen LogP contribution in [0.4, 0.5) is 0 Å². The lowest BCUT2D eigenvalue weighted by atomic mass is 10.3. The summed E-state index contributed by atoms with van der Waals surface area (Å²) >= 11 is 1.54. The Morgan fingerprint density at radius 2 is 2.28 bits per heavy atom. The highest BCUT2D eigenvalue weighted by Gasteiger charge is 2.09. The molecule has 0 aliphatic heterocycles. The molecule has 0 aromatic carbocycles. The molecule has 0 bridgehead atoms. The fraction of sp³-hybridized carbons (Fsp3) is 0.600. The van der Waals surface area contributed by atoms with Crippen molar-refractivity contribution < 1.29 is 5.11 Å². The number of aliphatic hydroxyl groups is 1. The van der Waals surface area contributed by atoms with Gasteiger partial charge in [-0.1, -0.05) is 18.7 Å². The topological polar surface area (TPSA) is 81.6 Å². The van der Waals surface area contributed by atoms with E-state index in [-0.39, 0.29) is 6.61 Å². The van der Waals surface area contributed by atoms with Crippen LogP contribution in [-0.2, 0) is 25.8 Å². The van der Waals surface area contributed by atoms with Gasteiger partial charge in [-0.05, 0) is 22.9 Å². The van der Waals surface area contributed by atoms with Gasteiger partial charge in [-0.3, -0.25) is 4.68 Å². The highest BCUT2D eigenvalue weighted by atomic mass is 32.2. The first-order valence-corrected chi connectivity index (χ1v) is 6.74. The fourth-order valence-electron chi connectivity index (χ4n) is 1.55. The quantitative estimate of drug-likeness (QED) is 0.756. The summed E-state index contributed by atoms with van der Waals surface area (Å²) in [6.45, 7) is 2.53. The van der Waals surface area contributed by atoms with Gasteiger partial charge < -0.3 is 5.11 Å². The highest BCUT2D eigenvalue weighted by molar-refractivity contribution is 7.98. The fourth-order valence-corrected chi connectivity index (χ4v) is 2.47. The Labute approximate surface area is 109 Å². The summed E-state index contributed by atoms with van der Waals surface area (Å²) in [6.07, 6.45) is 0.931. The Morgan fingerprint density at radius 3 is 2.94 bits per heavy atom. The average molecular weight is 268 g/mol. The molecular formula is C10H16N6OS. The molecule has 0 fully saturated rings. The first-order valence-electron chi connectivity index (χ1n) is 5.76. The maximum Gasteiger partial charge on any atom is 0.209 e. The van der Waals surface area contributed by atoms with Gasteiger partial charge in [0.05, 0.1) is 18.8 Å². The molecule has 2 aromatic heterocycles. The van der Waals surface area contributed by atoms with Crippen LogP contribution < -0.4 is 0 Å². The summed E-state index contributed by atoms with van der Waals surface area (Å²) in [5.41, 5.74) is 2.22. The number of thioether (sulfide) groups is 1. The maximum atomic E-state index is 8.89. The lowest BCUT2D eigenvalue weighted by Gasteiger charge is -2.02. The van der Waals surface area contributed by atoms with E-state index in [4.69, 9.17) is 5.11 Å². The van der Waals surface area contributed by atoms with Gasteiger partial charge in [0.25, 0.3) is 0 Å². The first-order chi connectivity index (χ1) is 8.74. The van der Waals surface area contributed by atoms with Gasteiger partial charge in [0, 0.05) is 18.5 Å². The molecule has 0 spiro atoms. The summed E-state index contributed by atoms with van der Waals surface area (Å²) in [7, 11) is 1.94. The summed E-state index contributed by atoms with van der Waals surface area (Å²) in [5, 5.41) is 25.3. The second-order valence-electron chi connectivity index (χ2n) is 3.80. The van der Waals surface area contributed by atoms with E-state index in [1.165, 1.54) is 11.8 Å². The molecular weight excluding hydrogens is 252 g/mol. The molecule has 0 saturated carbocycles. The smallest absolute Gasteiger partial charge is 0.209 e. The van der Waals surface area contributed by atoms with Crippen LogP contribution in [0.5, 0.6) is 0 Å². The summed E-state index contributed by atoms with van der Waals surface area (Å²) in [5.74, 6) is 0.759. The van der Waals surface area contributed by atoms with E-state index in [0.29, 0.717) is 11.7 Å². The monoisotopic (exact) mass is 268 g/mol. The Hall–Kier alpha value is -1.41. The van der Waals surface area contributed by atoms with Gasteiger partial charge >= 0.3 is 0 Å². The molecule has 18 heavy (non-hydrogen) atoms. The standard InChI is InChI=1S/C10H16N6OS/c1-3-8-6-9(15(2)12-8)7-18-10-11-13-14-16(10)4-5-17/h6,17H,3-5,7H2,1-2H3. The maximum absolute atomic E-state index is 8.89. The van der Waals surface area contributed by atoms with E-state index in [0.717, 1.165) is 23.6 Å².